The van der Waals surface area contributed by atoms with Crippen molar-refractivity contribution in [3.8, 4) is 11.1 Å². The number of hydrogen-bond acceptors (Lipinski definition) is 4. The average molecular weight is 379 g/mol. The molecule has 0 aliphatic heterocycles. The first-order chi connectivity index (χ1) is 13.5. The molecule has 0 heterocycles. The minimum absolute atomic E-state index is 0.147. The largest absolute Gasteiger partial charge is 0.481 e. The normalized spacial score (nSPS) is 12.3. The first kappa shape index (κ1) is 19.5. The maximum absolute atomic E-state index is 12.4. The highest BCUT2D eigenvalue weighted by atomic mass is 16.4. The summed E-state index contributed by atoms with van der Waals surface area (Å²) in [6.07, 6.45) is 3.28. The second-order valence-electron chi connectivity index (χ2n) is 6.79. The van der Waals surface area contributed by atoms with Crippen molar-refractivity contribution in [2.24, 2.45) is 0 Å². The average Bonchev–Trinajstić information content (AvgIpc) is 2.68. The monoisotopic (exact) mass is 379 g/mol. The van der Waals surface area contributed by atoms with Crippen molar-refractivity contribution in [2.75, 3.05) is 5.32 Å². The smallest absolute Gasteiger partial charge is 0.303 e. The van der Waals surface area contributed by atoms with Gasteiger partial charge >= 0.3 is 5.97 Å². The molecule has 0 fully saturated rings. The van der Waals surface area contributed by atoms with Gasteiger partial charge in [0.1, 0.15) is 0 Å². The summed E-state index contributed by atoms with van der Waals surface area (Å²) in [5.74, 6) is -2.08. The summed E-state index contributed by atoms with van der Waals surface area (Å²) in [5.41, 5.74) is 2.39. The van der Waals surface area contributed by atoms with Crippen molar-refractivity contribution in [1.82, 2.24) is 0 Å². The van der Waals surface area contributed by atoms with Gasteiger partial charge < -0.3 is 10.4 Å². The van der Waals surface area contributed by atoms with Crippen molar-refractivity contribution in [3.05, 3.63) is 53.6 Å². The summed E-state index contributed by atoms with van der Waals surface area (Å²) < 4.78 is 0. The van der Waals surface area contributed by atoms with Crippen LogP contribution in [0.3, 0.4) is 0 Å². The van der Waals surface area contributed by atoms with E-state index in [1.807, 2.05) is 0 Å². The van der Waals surface area contributed by atoms with Crippen molar-refractivity contribution in [2.45, 2.75) is 38.5 Å². The van der Waals surface area contributed by atoms with Gasteiger partial charge in [0.2, 0.25) is 17.5 Å². The van der Waals surface area contributed by atoms with Crippen LogP contribution in [0, 0.1) is 0 Å². The Hall–Kier alpha value is -3.28. The van der Waals surface area contributed by atoms with Crippen LogP contribution in [0.15, 0.2) is 42.5 Å². The van der Waals surface area contributed by atoms with E-state index < -0.39 is 17.5 Å². The van der Waals surface area contributed by atoms with Gasteiger partial charge in [0.05, 0.1) is 0 Å². The summed E-state index contributed by atoms with van der Waals surface area (Å²) in [6.45, 7) is 0. The standard InChI is InChI=1S/C22H21NO5/c24-18(12-3-1-2-4-13-19(25)26)23-17-11-7-10-16-20(17)14-8-5-6-9-15(14)21(27)22(16)28/h5-11H,1-4,12-13H2,(H,23,24)(H,25,26). The van der Waals surface area contributed by atoms with Crippen LogP contribution in [0.25, 0.3) is 11.1 Å². The number of anilines is 1. The van der Waals surface area contributed by atoms with Gasteiger partial charge in [-0.2, -0.15) is 0 Å². The number of benzene rings is 2. The number of fused-ring (bicyclic) bond motifs is 3. The molecule has 0 atom stereocenters. The van der Waals surface area contributed by atoms with Crippen molar-refractivity contribution < 1.29 is 24.3 Å². The van der Waals surface area contributed by atoms with E-state index in [1.165, 1.54) is 0 Å². The van der Waals surface area contributed by atoms with E-state index in [2.05, 4.69) is 5.32 Å². The predicted molar refractivity (Wildman–Crippen MR) is 105 cm³/mol. The lowest BCUT2D eigenvalue weighted by Gasteiger charge is -2.21. The number of rotatable bonds is 8. The fourth-order valence-electron chi connectivity index (χ4n) is 3.41. The van der Waals surface area contributed by atoms with Gasteiger partial charge in [-0.25, -0.2) is 0 Å². The highest BCUT2D eigenvalue weighted by Crippen LogP contribution is 2.38. The topological polar surface area (TPSA) is 101 Å². The molecule has 1 amide bonds. The molecule has 2 aromatic rings. The van der Waals surface area contributed by atoms with E-state index >= 15 is 0 Å². The Morgan fingerprint density at radius 3 is 2.07 bits per heavy atom. The van der Waals surface area contributed by atoms with Crippen LogP contribution in [0.2, 0.25) is 0 Å². The van der Waals surface area contributed by atoms with E-state index in [1.54, 1.807) is 42.5 Å². The van der Waals surface area contributed by atoms with E-state index in [4.69, 9.17) is 5.11 Å². The summed E-state index contributed by atoms with van der Waals surface area (Å²) in [4.78, 5) is 47.6. The molecule has 0 spiro atoms. The molecule has 0 saturated carbocycles. The van der Waals surface area contributed by atoms with E-state index in [0.29, 0.717) is 47.2 Å². The molecule has 6 nitrogen and oxygen atoms in total. The van der Waals surface area contributed by atoms with Crippen LogP contribution in [0.5, 0.6) is 0 Å². The Kier molecular flexibility index (Phi) is 5.99. The number of hydrogen-bond donors (Lipinski definition) is 2. The Balaban J connectivity index is 1.70. The van der Waals surface area contributed by atoms with Crippen LogP contribution < -0.4 is 5.32 Å². The van der Waals surface area contributed by atoms with Gasteiger partial charge in [-0.15, -0.1) is 0 Å². The predicted octanol–water partition coefficient (Wildman–Crippen LogP) is 4.10. The first-order valence-corrected chi connectivity index (χ1v) is 9.32. The number of nitrogens with one attached hydrogen (secondary N) is 1. The molecular formula is C22H21NO5. The molecule has 2 aromatic carbocycles. The SMILES string of the molecule is O=C(O)CCCCCCC(=O)Nc1cccc2c1-c1ccccc1C(=O)C2=O. The Bertz CT molecular complexity index is 948. The Labute approximate surface area is 162 Å². The van der Waals surface area contributed by atoms with E-state index in [-0.39, 0.29) is 12.3 Å². The number of carbonyl (C=O) groups is 4. The number of amides is 1. The highest BCUT2D eigenvalue weighted by Gasteiger charge is 2.31. The maximum atomic E-state index is 12.4. The number of ketones is 2. The van der Waals surface area contributed by atoms with Crippen LogP contribution >= 0.6 is 0 Å². The Morgan fingerprint density at radius 2 is 1.36 bits per heavy atom. The summed E-state index contributed by atoms with van der Waals surface area (Å²) in [5, 5.41) is 11.5. The second kappa shape index (κ2) is 8.61. The van der Waals surface area contributed by atoms with Gasteiger partial charge in [0, 0.05) is 35.2 Å². The molecule has 2 N–H and O–H groups in total. The van der Waals surface area contributed by atoms with Crippen molar-refractivity contribution in [1.29, 1.82) is 0 Å². The van der Waals surface area contributed by atoms with Crippen LogP contribution in [-0.2, 0) is 9.59 Å². The molecule has 1 aliphatic rings. The third kappa shape index (κ3) is 4.17. The minimum Gasteiger partial charge on any atom is -0.481 e. The molecule has 1 aliphatic carbocycles. The zero-order valence-corrected chi connectivity index (χ0v) is 15.4. The third-order valence-corrected chi connectivity index (χ3v) is 4.77. The van der Waals surface area contributed by atoms with E-state index in [0.717, 1.165) is 12.8 Å². The molecule has 28 heavy (non-hydrogen) atoms. The number of aliphatic carboxylic acids is 1. The van der Waals surface area contributed by atoms with E-state index in [9.17, 15) is 19.2 Å². The molecule has 0 bridgehead atoms. The Morgan fingerprint density at radius 1 is 0.750 bits per heavy atom. The lowest BCUT2D eigenvalue weighted by Crippen LogP contribution is -2.22. The molecule has 0 saturated heterocycles. The molecule has 0 unspecified atom stereocenters. The highest BCUT2D eigenvalue weighted by molar-refractivity contribution is 6.53. The van der Waals surface area contributed by atoms with Gasteiger partial charge in [-0.1, -0.05) is 49.2 Å². The van der Waals surface area contributed by atoms with Crippen LogP contribution in [0.1, 0.15) is 59.2 Å². The lowest BCUT2D eigenvalue weighted by molar-refractivity contribution is -0.137. The number of unbranched alkanes of at least 4 members (excludes halogenated alkanes) is 3. The first-order valence-electron chi connectivity index (χ1n) is 9.32. The minimum atomic E-state index is -0.806. The van der Waals surface area contributed by atoms with Gasteiger partial charge in [0.25, 0.3) is 0 Å². The summed E-state index contributed by atoms with van der Waals surface area (Å²) >= 11 is 0. The quantitative estimate of drug-likeness (QED) is 0.531. The molecule has 0 radical (unpaired) electrons. The molecule has 3 rings (SSSR count). The van der Waals surface area contributed by atoms with Crippen LogP contribution in [-0.4, -0.2) is 28.5 Å². The van der Waals surface area contributed by atoms with Gasteiger partial charge in [-0.3, -0.25) is 19.2 Å². The maximum Gasteiger partial charge on any atom is 0.303 e. The van der Waals surface area contributed by atoms with Gasteiger partial charge in [0.15, 0.2) is 0 Å². The fourth-order valence-corrected chi connectivity index (χ4v) is 3.41. The molecule has 6 heteroatoms. The van der Waals surface area contributed by atoms with Gasteiger partial charge in [-0.05, 0) is 24.5 Å². The number of carbonyl (C=O) groups excluding carboxylic acids is 3. The lowest BCUT2D eigenvalue weighted by atomic mass is 9.83. The second-order valence-corrected chi connectivity index (χ2v) is 6.79. The molecule has 0 aromatic heterocycles. The fraction of sp³-hybridized carbons (Fsp3) is 0.273. The summed E-state index contributed by atoms with van der Waals surface area (Å²) in [6, 6.07) is 11.9. The zero-order chi connectivity index (χ0) is 20.1. The van der Waals surface area contributed by atoms with Crippen molar-refractivity contribution >= 4 is 29.1 Å². The third-order valence-electron chi connectivity index (χ3n) is 4.77. The zero-order valence-electron chi connectivity index (χ0n) is 15.4. The number of carboxylic acids is 1. The van der Waals surface area contributed by atoms with Crippen LogP contribution in [0.4, 0.5) is 5.69 Å². The molecule has 144 valence electrons. The molecular weight excluding hydrogens is 358 g/mol. The number of carboxylic acid groups (broad SMARTS) is 1. The number of Topliss-reactive ketones (excluding diaryl/α,β-unsaturated/α-hetero) is 2. The summed E-state index contributed by atoms with van der Waals surface area (Å²) in [7, 11) is 0. The van der Waals surface area contributed by atoms with Crippen molar-refractivity contribution in [3.63, 3.8) is 0 Å².